The van der Waals surface area contributed by atoms with Gasteiger partial charge >= 0.3 is 0 Å². The van der Waals surface area contributed by atoms with Gasteiger partial charge in [0.15, 0.2) is 5.96 Å². The fourth-order valence-corrected chi connectivity index (χ4v) is 1.41. The highest BCUT2D eigenvalue weighted by molar-refractivity contribution is 5.78. The Balaban J connectivity index is 2.66. The number of guanidine groups is 1. The average molecular weight is 237 g/mol. The van der Waals surface area contributed by atoms with Crippen LogP contribution in [0.2, 0.25) is 0 Å². The minimum atomic E-state index is -0.196. The molecule has 0 saturated carbocycles. The van der Waals surface area contributed by atoms with Gasteiger partial charge in [-0.3, -0.25) is 0 Å². The van der Waals surface area contributed by atoms with Crippen LogP contribution in [0.1, 0.15) is 31.9 Å². The predicted octanol–water partition coefficient (Wildman–Crippen LogP) is 2.34. The molecule has 0 spiro atoms. The molecule has 1 aromatic rings. The Labute approximate surface area is 102 Å². The summed E-state index contributed by atoms with van der Waals surface area (Å²) in [7, 11) is 0. The van der Waals surface area contributed by atoms with Gasteiger partial charge in [-0.25, -0.2) is 9.38 Å². The molecule has 0 aliphatic carbocycles. The van der Waals surface area contributed by atoms with Crippen LogP contribution >= 0.6 is 0 Å². The summed E-state index contributed by atoms with van der Waals surface area (Å²) in [5.74, 6) is 0.206. The minimum absolute atomic E-state index is 0.105. The number of aliphatic imine (C=N–C) groups is 1. The molecule has 0 amide bonds. The van der Waals surface area contributed by atoms with Gasteiger partial charge in [-0.15, -0.1) is 0 Å². The van der Waals surface area contributed by atoms with Crippen LogP contribution in [0.4, 0.5) is 4.39 Å². The number of nitrogens with two attached hydrogens (primary N) is 1. The van der Waals surface area contributed by atoms with E-state index in [9.17, 15) is 4.39 Å². The van der Waals surface area contributed by atoms with Crippen LogP contribution in [0.25, 0.3) is 0 Å². The Bertz CT molecular complexity index is 419. The molecule has 17 heavy (non-hydrogen) atoms. The zero-order chi connectivity index (χ0) is 13.1. The van der Waals surface area contributed by atoms with E-state index >= 15 is 0 Å². The Hall–Kier alpha value is -1.58. The van der Waals surface area contributed by atoms with Crippen molar-refractivity contribution in [2.24, 2.45) is 10.7 Å². The number of hydrogen-bond acceptors (Lipinski definition) is 1. The molecule has 4 heteroatoms. The van der Waals surface area contributed by atoms with Crippen molar-refractivity contribution in [3.8, 4) is 0 Å². The number of nitrogens with zero attached hydrogens (tertiary/aromatic N) is 1. The van der Waals surface area contributed by atoms with Gasteiger partial charge in [0.25, 0.3) is 0 Å². The summed E-state index contributed by atoms with van der Waals surface area (Å²) >= 11 is 0. The van der Waals surface area contributed by atoms with Gasteiger partial charge in [0.2, 0.25) is 0 Å². The van der Waals surface area contributed by atoms with Crippen LogP contribution in [0.5, 0.6) is 0 Å². The van der Waals surface area contributed by atoms with Gasteiger partial charge in [-0.05, 0) is 44.9 Å². The molecule has 0 radical (unpaired) electrons. The molecule has 0 aliphatic heterocycles. The molecule has 0 bridgehead atoms. The van der Waals surface area contributed by atoms with Crippen molar-refractivity contribution in [3.63, 3.8) is 0 Å². The van der Waals surface area contributed by atoms with Gasteiger partial charge in [-0.2, -0.15) is 0 Å². The summed E-state index contributed by atoms with van der Waals surface area (Å²) in [6.07, 6.45) is 0. The Kier molecular flexibility index (Phi) is 4.10. The lowest BCUT2D eigenvalue weighted by atomic mass is 10.1. The van der Waals surface area contributed by atoms with Crippen LogP contribution in [0.15, 0.2) is 23.2 Å². The van der Waals surface area contributed by atoms with Gasteiger partial charge in [0.05, 0.1) is 6.54 Å². The number of aryl methyl sites for hydroxylation is 1. The van der Waals surface area contributed by atoms with E-state index in [2.05, 4.69) is 10.3 Å². The Morgan fingerprint density at radius 3 is 2.59 bits per heavy atom. The summed E-state index contributed by atoms with van der Waals surface area (Å²) in [4.78, 5) is 4.21. The van der Waals surface area contributed by atoms with Crippen molar-refractivity contribution >= 4 is 5.96 Å². The topological polar surface area (TPSA) is 50.4 Å². The monoisotopic (exact) mass is 237 g/mol. The number of rotatable bonds is 2. The van der Waals surface area contributed by atoms with E-state index < -0.39 is 0 Å². The van der Waals surface area contributed by atoms with E-state index in [0.717, 1.165) is 5.56 Å². The molecule has 0 heterocycles. The van der Waals surface area contributed by atoms with E-state index in [1.165, 1.54) is 6.07 Å². The average Bonchev–Trinajstić information content (AvgIpc) is 2.17. The third-order valence-electron chi connectivity index (χ3n) is 2.16. The van der Waals surface area contributed by atoms with E-state index in [4.69, 9.17) is 5.73 Å². The van der Waals surface area contributed by atoms with Crippen LogP contribution < -0.4 is 11.1 Å². The van der Waals surface area contributed by atoms with Crippen molar-refractivity contribution in [2.75, 3.05) is 0 Å². The molecule has 3 nitrogen and oxygen atoms in total. The third kappa shape index (κ3) is 4.85. The maximum absolute atomic E-state index is 13.0. The molecule has 1 rings (SSSR count). The first-order valence-electron chi connectivity index (χ1n) is 5.61. The molecule has 0 saturated heterocycles. The van der Waals surface area contributed by atoms with Crippen molar-refractivity contribution in [3.05, 3.63) is 35.1 Å². The van der Waals surface area contributed by atoms with Gasteiger partial charge in [0, 0.05) is 5.54 Å². The lowest BCUT2D eigenvalue weighted by Gasteiger charge is -2.21. The smallest absolute Gasteiger partial charge is 0.189 e. The third-order valence-corrected chi connectivity index (χ3v) is 2.16. The normalized spacial score (nSPS) is 12.6. The molecule has 0 atom stereocenters. The Morgan fingerprint density at radius 2 is 2.06 bits per heavy atom. The molecule has 0 unspecified atom stereocenters. The molecular formula is C13H20FN3. The molecule has 0 aromatic heterocycles. The Morgan fingerprint density at radius 1 is 1.41 bits per heavy atom. The predicted molar refractivity (Wildman–Crippen MR) is 69.4 cm³/mol. The maximum atomic E-state index is 13.0. The van der Waals surface area contributed by atoms with E-state index in [0.29, 0.717) is 18.1 Å². The van der Waals surface area contributed by atoms with Crippen molar-refractivity contribution in [1.29, 1.82) is 0 Å². The van der Waals surface area contributed by atoms with Crippen molar-refractivity contribution < 1.29 is 4.39 Å². The maximum Gasteiger partial charge on any atom is 0.189 e. The quantitative estimate of drug-likeness (QED) is 0.612. The standard InChI is InChI=1S/C13H20FN3/c1-9-7-10(5-6-11(9)14)8-16-12(15)17-13(2,3)4/h5-7H,8H2,1-4H3,(H3,15,16,17). The second-order valence-electron chi connectivity index (χ2n) is 5.16. The summed E-state index contributed by atoms with van der Waals surface area (Å²) in [5.41, 5.74) is 7.21. The largest absolute Gasteiger partial charge is 0.370 e. The second kappa shape index (κ2) is 5.17. The zero-order valence-corrected chi connectivity index (χ0v) is 10.8. The van der Waals surface area contributed by atoms with Gasteiger partial charge in [0.1, 0.15) is 5.82 Å². The summed E-state index contributed by atoms with van der Waals surface area (Å²) in [6, 6.07) is 4.95. The first kappa shape index (κ1) is 13.5. The molecule has 3 N–H and O–H groups in total. The fourth-order valence-electron chi connectivity index (χ4n) is 1.41. The summed E-state index contributed by atoms with van der Waals surface area (Å²) in [5, 5.41) is 3.07. The lowest BCUT2D eigenvalue weighted by Crippen LogP contribution is -2.44. The van der Waals surface area contributed by atoms with Crippen LogP contribution in [-0.2, 0) is 6.54 Å². The molecule has 0 fully saturated rings. The zero-order valence-electron chi connectivity index (χ0n) is 10.8. The minimum Gasteiger partial charge on any atom is -0.370 e. The van der Waals surface area contributed by atoms with Gasteiger partial charge in [-0.1, -0.05) is 12.1 Å². The SMILES string of the molecule is Cc1cc(CN=C(N)NC(C)(C)C)ccc1F. The first-order chi connectivity index (χ1) is 7.78. The fraction of sp³-hybridized carbons (Fsp3) is 0.462. The van der Waals surface area contributed by atoms with E-state index in [1.807, 2.05) is 20.8 Å². The van der Waals surface area contributed by atoms with Crippen molar-refractivity contribution in [1.82, 2.24) is 5.32 Å². The number of benzene rings is 1. The van der Waals surface area contributed by atoms with Crippen LogP contribution in [-0.4, -0.2) is 11.5 Å². The first-order valence-corrected chi connectivity index (χ1v) is 5.61. The number of halogens is 1. The lowest BCUT2D eigenvalue weighted by molar-refractivity contribution is 0.508. The second-order valence-corrected chi connectivity index (χ2v) is 5.16. The summed E-state index contributed by atoms with van der Waals surface area (Å²) in [6.45, 7) is 8.22. The molecule has 94 valence electrons. The molecule has 0 aliphatic rings. The van der Waals surface area contributed by atoms with E-state index in [-0.39, 0.29) is 11.4 Å². The highest BCUT2D eigenvalue weighted by Crippen LogP contribution is 2.10. The van der Waals surface area contributed by atoms with Crippen LogP contribution in [0, 0.1) is 12.7 Å². The highest BCUT2D eigenvalue weighted by atomic mass is 19.1. The molecule has 1 aromatic carbocycles. The van der Waals surface area contributed by atoms with E-state index in [1.54, 1.807) is 19.1 Å². The number of nitrogens with one attached hydrogen (secondary N) is 1. The van der Waals surface area contributed by atoms with Gasteiger partial charge < -0.3 is 11.1 Å². The van der Waals surface area contributed by atoms with Crippen LogP contribution in [0.3, 0.4) is 0 Å². The number of hydrogen-bond donors (Lipinski definition) is 2. The summed E-state index contributed by atoms with van der Waals surface area (Å²) < 4.78 is 13.0. The van der Waals surface area contributed by atoms with Crippen molar-refractivity contribution in [2.45, 2.75) is 39.8 Å². The highest BCUT2D eigenvalue weighted by Gasteiger charge is 2.09. The molecular weight excluding hydrogens is 217 g/mol.